The Kier molecular flexibility index (Phi) is 4.08. The number of aromatic hydroxyl groups is 1. The predicted octanol–water partition coefficient (Wildman–Crippen LogP) is 1.24. The second-order valence-electron chi connectivity index (χ2n) is 4.81. The highest BCUT2D eigenvalue weighted by Crippen LogP contribution is 2.37. The summed E-state index contributed by atoms with van der Waals surface area (Å²) in [5, 5.41) is 23.5. The summed E-state index contributed by atoms with van der Waals surface area (Å²) in [6, 6.07) is 3.72. The van der Waals surface area contributed by atoms with Crippen LogP contribution in [0, 0.1) is 0 Å². The molecular weight excluding hydrogens is 354 g/mol. The molecule has 0 aliphatic carbocycles. The number of hydrogen-bond acceptors (Lipinski definition) is 7. The molecule has 0 radical (unpaired) electrons. The van der Waals surface area contributed by atoms with E-state index in [1.54, 1.807) is 0 Å². The van der Waals surface area contributed by atoms with E-state index < -0.39 is 35.3 Å². The van der Waals surface area contributed by atoms with Crippen LogP contribution in [0.4, 0.5) is 0 Å². The average Bonchev–Trinajstić information content (AvgIpc) is 3.19. The van der Waals surface area contributed by atoms with Gasteiger partial charge in [0.15, 0.2) is 11.4 Å². The van der Waals surface area contributed by atoms with Gasteiger partial charge in [0.05, 0.1) is 4.88 Å². The summed E-state index contributed by atoms with van der Waals surface area (Å²) in [5.41, 5.74) is -0.973. The minimum Gasteiger partial charge on any atom is -0.505 e. The summed E-state index contributed by atoms with van der Waals surface area (Å²) in [5.74, 6) is -2.68. The summed E-state index contributed by atoms with van der Waals surface area (Å²) in [4.78, 5) is 40.2. The second-order valence-corrected chi connectivity index (χ2v) is 6.76. The number of aliphatic carboxylic acids is 1. The summed E-state index contributed by atoms with van der Waals surface area (Å²) < 4.78 is 1.46. The Bertz CT molecular complexity index is 1000. The Morgan fingerprint density at radius 2 is 2.17 bits per heavy atom. The zero-order chi connectivity index (χ0) is 17.4. The van der Waals surface area contributed by atoms with Crippen molar-refractivity contribution in [3.8, 4) is 15.6 Å². The molecule has 0 aliphatic heterocycles. The van der Waals surface area contributed by atoms with Crippen molar-refractivity contribution in [2.75, 3.05) is 6.54 Å². The first-order valence-corrected chi connectivity index (χ1v) is 8.36. The Hall–Kier alpha value is -2.72. The Balaban J connectivity index is 2.16. The molecule has 0 bridgehead atoms. The van der Waals surface area contributed by atoms with E-state index in [9.17, 15) is 19.5 Å². The van der Waals surface area contributed by atoms with Crippen molar-refractivity contribution in [3.05, 3.63) is 33.4 Å². The maximum Gasteiger partial charge on any atom is 0.322 e. The number of hydrogen-bond donors (Lipinski definition) is 3. The molecule has 3 aromatic rings. The Labute approximate surface area is 142 Å². The molecule has 3 heterocycles. The minimum atomic E-state index is -1.25. The van der Waals surface area contributed by atoms with Crippen LogP contribution in [0.25, 0.3) is 20.2 Å². The lowest BCUT2D eigenvalue weighted by molar-refractivity contribution is -0.135. The molecule has 0 aliphatic rings. The van der Waals surface area contributed by atoms with Gasteiger partial charge in [-0.3, -0.25) is 19.0 Å². The zero-order valence-electron chi connectivity index (χ0n) is 12.3. The summed E-state index contributed by atoms with van der Waals surface area (Å²) >= 11 is 2.62. The highest BCUT2D eigenvalue weighted by molar-refractivity contribution is 7.25. The third kappa shape index (κ3) is 2.65. The van der Waals surface area contributed by atoms with Gasteiger partial charge in [-0.1, -0.05) is 6.07 Å². The van der Waals surface area contributed by atoms with Crippen molar-refractivity contribution in [2.24, 2.45) is 7.05 Å². The first-order chi connectivity index (χ1) is 11.4. The van der Waals surface area contributed by atoms with Gasteiger partial charge in [-0.15, -0.1) is 22.7 Å². The van der Waals surface area contributed by atoms with E-state index in [-0.39, 0.29) is 5.65 Å². The van der Waals surface area contributed by atoms with Crippen LogP contribution in [-0.2, 0) is 11.8 Å². The van der Waals surface area contributed by atoms with E-state index in [0.29, 0.717) is 9.71 Å². The average molecular weight is 365 g/mol. The molecule has 3 aromatic heterocycles. The van der Waals surface area contributed by atoms with Crippen LogP contribution in [0.3, 0.4) is 0 Å². The molecule has 0 aromatic carbocycles. The standard InChI is InChI=1S/C14H11N3O5S2/c1-17-11-10(24-13(16-11)6-3-2-4-23-6)9(20)8(14(17)22)12(21)15-5-7(18)19/h2-4,20H,5H2,1H3,(H,15,21)(H,18,19). The van der Waals surface area contributed by atoms with Crippen LogP contribution in [0.2, 0.25) is 0 Å². The van der Waals surface area contributed by atoms with Crippen molar-refractivity contribution >= 4 is 44.9 Å². The predicted molar refractivity (Wildman–Crippen MR) is 89.8 cm³/mol. The number of carboxylic acid groups (broad SMARTS) is 1. The molecule has 24 heavy (non-hydrogen) atoms. The Morgan fingerprint density at radius 3 is 2.79 bits per heavy atom. The fourth-order valence-corrected chi connectivity index (χ4v) is 3.97. The van der Waals surface area contributed by atoms with Gasteiger partial charge in [-0.2, -0.15) is 0 Å². The van der Waals surface area contributed by atoms with Crippen molar-refractivity contribution in [3.63, 3.8) is 0 Å². The van der Waals surface area contributed by atoms with Gasteiger partial charge in [0.25, 0.3) is 11.5 Å². The maximum atomic E-state index is 12.3. The lowest BCUT2D eigenvalue weighted by atomic mass is 10.2. The van der Waals surface area contributed by atoms with Gasteiger partial charge < -0.3 is 15.5 Å². The summed E-state index contributed by atoms with van der Waals surface area (Å²) in [6.07, 6.45) is 0. The van der Waals surface area contributed by atoms with Crippen LogP contribution in [0.15, 0.2) is 22.3 Å². The lowest BCUT2D eigenvalue weighted by Crippen LogP contribution is -2.35. The highest BCUT2D eigenvalue weighted by atomic mass is 32.1. The van der Waals surface area contributed by atoms with Gasteiger partial charge in [0, 0.05) is 7.05 Å². The monoisotopic (exact) mass is 365 g/mol. The van der Waals surface area contributed by atoms with Gasteiger partial charge in [0.2, 0.25) is 0 Å². The second kappa shape index (κ2) is 6.06. The third-order valence-electron chi connectivity index (χ3n) is 3.26. The molecule has 0 fully saturated rings. The SMILES string of the molecule is Cn1c(=O)c(C(=O)NCC(=O)O)c(O)c2sc(-c3cccs3)nc21. The van der Waals surface area contributed by atoms with Crippen LogP contribution >= 0.6 is 22.7 Å². The largest absolute Gasteiger partial charge is 0.505 e. The van der Waals surface area contributed by atoms with E-state index in [1.165, 1.54) is 23.0 Å². The number of thiophene rings is 1. The number of thiazole rings is 1. The van der Waals surface area contributed by atoms with Gasteiger partial charge in [0.1, 0.15) is 21.8 Å². The molecule has 10 heteroatoms. The third-order valence-corrected chi connectivity index (χ3v) is 5.35. The molecule has 0 saturated heterocycles. The molecule has 3 rings (SSSR count). The quantitative estimate of drug-likeness (QED) is 0.640. The van der Waals surface area contributed by atoms with E-state index >= 15 is 0 Å². The van der Waals surface area contributed by atoms with E-state index in [1.807, 2.05) is 17.5 Å². The van der Waals surface area contributed by atoms with E-state index in [4.69, 9.17) is 5.11 Å². The molecule has 3 N–H and O–H groups in total. The minimum absolute atomic E-state index is 0.265. The number of carbonyl (C=O) groups is 2. The number of amides is 1. The van der Waals surface area contributed by atoms with Crippen molar-refractivity contribution in [1.82, 2.24) is 14.9 Å². The van der Waals surface area contributed by atoms with Crippen LogP contribution in [0.5, 0.6) is 5.75 Å². The zero-order valence-corrected chi connectivity index (χ0v) is 13.9. The number of aryl methyl sites for hydroxylation is 1. The first-order valence-electron chi connectivity index (χ1n) is 6.66. The van der Waals surface area contributed by atoms with Crippen molar-refractivity contribution < 1.29 is 19.8 Å². The number of nitrogens with zero attached hydrogens (tertiary/aromatic N) is 2. The van der Waals surface area contributed by atoms with Gasteiger partial charge in [-0.25, -0.2) is 4.98 Å². The molecule has 0 atom stereocenters. The Morgan fingerprint density at radius 1 is 1.42 bits per heavy atom. The van der Waals surface area contributed by atoms with Crippen molar-refractivity contribution in [1.29, 1.82) is 0 Å². The summed E-state index contributed by atoms with van der Waals surface area (Å²) in [6.45, 7) is -0.650. The molecular formula is C14H11N3O5S2. The van der Waals surface area contributed by atoms with Gasteiger partial charge >= 0.3 is 5.97 Å². The molecule has 8 nitrogen and oxygen atoms in total. The smallest absolute Gasteiger partial charge is 0.322 e. The number of pyridine rings is 1. The van der Waals surface area contributed by atoms with Crippen molar-refractivity contribution in [2.45, 2.75) is 0 Å². The first kappa shape index (κ1) is 16.1. The van der Waals surface area contributed by atoms with E-state index in [2.05, 4.69) is 10.3 Å². The molecule has 0 spiro atoms. The maximum absolute atomic E-state index is 12.3. The molecule has 1 amide bonds. The van der Waals surface area contributed by atoms with Crippen LogP contribution in [0.1, 0.15) is 10.4 Å². The van der Waals surface area contributed by atoms with Crippen LogP contribution in [-0.4, -0.2) is 38.2 Å². The molecule has 0 saturated carbocycles. The highest BCUT2D eigenvalue weighted by Gasteiger charge is 2.24. The van der Waals surface area contributed by atoms with E-state index in [0.717, 1.165) is 16.2 Å². The normalized spacial score (nSPS) is 10.9. The number of fused-ring (bicyclic) bond motifs is 1. The number of carbonyl (C=O) groups excluding carboxylic acids is 1. The fraction of sp³-hybridized carbons (Fsp3) is 0.143. The number of rotatable bonds is 4. The fourth-order valence-electron chi connectivity index (χ4n) is 2.13. The molecule has 0 unspecified atom stereocenters. The van der Waals surface area contributed by atoms with Crippen LogP contribution < -0.4 is 10.9 Å². The summed E-state index contributed by atoms with van der Waals surface area (Å²) in [7, 11) is 1.44. The van der Waals surface area contributed by atoms with Gasteiger partial charge in [-0.05, 0) is 11.4 Å². The number of aromatic nitrogens is 2. The topological polar surface area (TPSA) is 122 Å². The lowest BCUT2D eigenvalue weighted by Gasteiger charge is -2.07. The number of carboxylic acids is 1. The number of nitrogens with one attached hydrogen (secondary N) is 1. The molecule has 124 valence electrons.